The zero-order chi connectivity index (χ0) is 17.8. The van der Waals surface area contributed by atoms with Gasteiger partial charge in [0, 0.05) is 12.4 Å². The molecule has 0 atom stereocenters. The number of aryl methyl sites for hydroxylation is 1. The highest BCUT2D eigenvalue weighted by Gasteiger charge is 2.13. The van der Waals surface area contributed by atoms with Crippen LogP contribution in [0.5, 0.6) is 0 Å². The summed E-state index contributed by atoms with van der Waals surface area (Å²) in [4.78, 5) is 23.1. The van der Waals surface area contributed by atoms with Crippen LogP contribution in [0.25, 0.3) is 0 Å². The van der Waals surface area contributed by atoms with Gasteiger partial charge in [0.05, 0.1) is 18.4 Å². The molecule has 0 saturated carbocycles. The SMILES string of the molecule is Cc1ccccc1Cn1cc(NC(=O)Cn2nccc2C(=O)O)cn1. The molecule has 0 unspecified atom stereocenters. The smallest absolute Gasteiger partial charge is 0.354 e. The third-order valence-corrected chi connectivity index (χ3v) is 3.74. The summed E-state index contributed by atoms with van der Waals surface area (Å²) < 4.78 is 2.87. The van der Waals surface area contributed by atoms with Gasteiger partial charge in [-0.15, -0.1) is 0 Å². The molecule has 25 heavy (non-hydrogen) atoms. The van der Waals surface area contributed by atoms with Crippen molar-refractivity contribution in [2.24, 2.45) is 0 Å². The number of aromatic nitrogens is 4. The Kier molecular flexibility index (Phi) is 4.60. The average molecular weight is 339 g/mol. The largest absolute Gasteiger partial charge is 0.477 e. The van der Waals surface area contributed by atoms with Crippen molar-refractivity contribution in [2.45, 2.75) is 20.0 Å². The van der Waals surface area contributed by atoms with Crippen LogP contribution in [0.2, 0.25) is 0 Å². The van der Waals surface area contributed by atoms with E-state index in [1.54, 1.807) is 17.1 Å². The fourth-order valence-corrected chi connectivity index (χ4v) is 2.45. The number of amides is 1. The van der Waals surface area contributed by atoms with Crippen LogP contribution in [-0.2, 0) is 17.9 Å². The molecule has 0 bridgehead atoms. The topological polar surface area (TPSA) is 102 Å². The van der Waals surface area contributed by atoms with Crippen molar-refractivity contribution in [3.63, 3.8) is 0 Å². The van der Waals surface area contributed by atoms with Gasteiger partial charge in [0.1, 0.15) is 12.2 Å². The Hall–Kier alpha value is -3.42. The molecule has 0 aliphatic carbocycles. The fraction of sp³-hybridized carbons (Fsp3) is 0.176. The third kappa shape index (κ3) is 3.92. The first-order chi connectivity index (χ1) is 12.0. The van der Waals surface area contributed by atoms with Gasteiger partial charge in [0.15, 0.2) is 0 Å². The summed E-state index contributed by atoms with van der Waals surface area (Å²) in [5, 5.41) is 19.8. The van der Waals surface area contributed by atoms with Crippen molar-refractivity contribution >= 4 is 17.6 Å². The van der Waals surface area contributed by atoms with Crippen molar-refractivity contribution in [3.05, 3.63) is 65.7 Å². The minimum Gasteiger partial charge on any atom is -0.477 e. The number of carboxylic acids is 1. The lowest BCUT2D eigenvalue weighted by Crippen LogP contribution is -2.22. The lowest BCUT2D eigenvalue weighted by Gasteiger charge is -2.06. The van der Waals surface area contributed by atoms with Crippen LogP contribution in [-0.4, -0.2) is 36.5 Å². The van der Waals surface area contributed by atoms with Crippen LogP contribution < -0.4 is 5.32 Å². The van der Waals surface area contributed by atoms with Crippen molar-refractivity contribution in [2.75, 3.05) is 5.32 Å². The number of hydrogen-bond acceptors (Lipinski definition) is 4. The molecule has 0 fully saturated rings. The molecule has 8 heteroatoms. The second kappa shape index (κ2) is 7.00. The predicted molar refractivity (Wildman–Crippen MR) is 90.3 cm³/mol. The minimum atomic E-state index is -1.13. The number of rotatable bonds is 6. The summed E-state index contributed by atoms with van der Waals surface area (Å²) in [6.07, 6.45) is 4.62. The lowest BCUT2D eigenvalue weighted by molar-refractivity contribution is -0.116. The Balaban J connectivity index is 1.63. The first kappa shape index (κ1) is 16.4. The van der Waals surface area contributed by atoms with Gasteiger partial charge in [-0.2, -0.15) is 10.2 Å². The summed E-state index contributed by atoms with van der Waals surface area (Å²) in [5.41, 5.74) is 2.82. The molecule has 0 spiro atoms. The highest BCUT2D eigenvalue weighted by Crippen LogP contribution is 2.11. The molecular weight excluding hydrogens is 322 g/mol. The predicted octanol–water partition coefficient (Wildman–Crippen LogP) is 1.77. The molecule has 0 aliphatic heterocycles. The van der Waals surface area contributed by atoms with Crippen LogP contribution in [0.15, 0.2) is 48.9 Å². The number of aromatic carboxylic acids is 1. The molecule has 2 heterocycles. The Bertz CT molecular complexity index is 912. The third-order valence-electron chi connectivity index (χ3n) is 3.74. The molecule has 8 nitrogen and oxygen atoms in total. The number of carboxylic acid groups (broad SMARTS) is 1. The van der Waals surface area contributed by atoms with Crippen LogP contribution in [0.1, 0.15) is 21.6 Å². The first-order valence-corrected chi connectivity index (χ1v) is 7.65. The summed E-state index contributed by atoms with van der Waals surface area (Å²) in [5.74, 6) is -1.50. The second-order valence-corrected chi connectivity index (χ2v) is 5.58. The van der Waals surface area contributed by atoms with Gasteiger partial charge in [0.2, 0.25) is 5.91 Å². The average Bonchev–Trinajstić information content (AvgIpc) is 3.19. The van der Waals surface area contributed by atoms with Gasteiger partial charge in [-0.1, -0.05) is 24.3 Å². The quantitative estimate of drug-likeness (QED) is 0.712. The molecule has 3 rings (SSSR count). The molecule has 1 aromatic carbocycles. The molecule has 0 saturated heterocycles. The van der Waals surface area contributed by atoms with Crippen molar-refractivity contribution < 1.29 is 14.7 Å². The number of benzene rings is 1. The van der Waals surface area contributed by atoms with E-state index in [0.717, 1.165) is 10.2 Å². The highest BCUT2D eigenvalue weighted by molar-refractivity contribution is 5.91. The molecule has 3 aromatic rings. The number of hydrogen-bond donors (Lipinski definition) is 2. The lowest BCUT2D eigenvalue weighted by atomic mass is 10.1. The van der Waals surface area contributed by atoms with E-state index in [1.807, 2.05) is 31.2 Å². The number of nitrogens with zero attached hydrogens (tertiary/aromatic N) is 4. The van der Waals surface area contributed by atoms with Crippen LogP contribution in [0, 0.1) is 6.92 Å². The van der Waals surface area contributed by atoms with E-state index >= 15 is 0 Å². The zero-order valence-corrected chi connectivity index (χ0v) is 13.6. The molecule has 0 radical (unpaired) electrons. The van der Waals surface area contributed by atoms with Crippen molar-refractivity contribution in [3.8, 4) is 0 Å². The maximum absolute atomic E-state index is 12.1. The summed E-state index contributed by atoms with van der Waals surface area (Å²) in [7, 11) is 0. The number of carbonyl (C=O) groups is 2. The summed E-state index contributed by atoms with van der Waals surface area (Å²) in [6, 6.07) is 9.36. The number of nitrogens with one attached hydrogen (secondary N) is 1. The maximum atomic E-state index is 12.1. The maximum Gasteiger partial charge on any atom is 0.354 e. The van der Waals surface area contributed by atoms with Crippen molar-refractivity contribution in [1.82, 2.24) is 19.6 Å². The van der Waals surface area contributed by atoms with Gasteiger partial charge >= 0.3 is 5.97 Å². The molecule has 2 aromatic heterocycles. The second-order valence-electron chi connectivity index (χ2n) is 5.58. The highest BCUT2D eigenvalue weighted by atomic mass is 16.4. The molecular formula is C17H17N5O3. The van der Waals surface area contributed by atoms with E-state index in [2.05, 4.69) is 15.5 Å². The Morgan fingerprint density at radius 2 is 2.00 bits per heavy atom. The molecule has 1 amide bonds. The van der Waals surface area contributed by atoms with E-state index in [-0.39, 0.29) is 18.1 Å². The van der Waals surface area contributed by atoms with E-state index in [0.29, 0.717) is 12.2 Å². The zero-order valence-electron chi connectivity index (χ0n) is 13.6. The van der Waals surface area contributed by atoms with E-state index in [4.69, 9.17) is 5.11 Å². The van der Waals surface area contributed by atoms with Gasteiger partial charge in [-0.05, 0) is 24.1 Å². The minimum absolute atomic E-state index is 0.0367. The standard InChI is InChI=1S/C17H17N5O3/c1-12-4-2-3-5-13(12)9-21-10-14(8-19-21)20-16(23)11-22-15(17(24)25)6-7-18-22/h2-8,10H,9,11H2,1H3,(H,20,23)(H,24,25). The van der Waals surface area contributed by atoms with Crippen LogP contribution in [0.4, 0.5) is 5.69 Å². The van der Waals surface area contributed by atoms with Gasteiger partial charge in [-0.3, -0.25) is 9.48 Å². The number of anilines is 1. The first-order valence-electron chi connectivity index (χ1n) is 7.65. The monoisotopic (exact) mass is 339 g/mol. The van der Waals surface area contributed by atoms with Crippen LogP contribution in [0.3, 0.4) is 0 Å². The Morgan fingerprint density at radius 1 is 1.20 bits per heavy atom. The Labute approximate surface area is 143 Å². The molecule has 128 valence electrons. The van der Waals surface area contributed by atoms with Gasteiger partial charge < -0.3 is 10.4 Å². The number of carbonyl (C=O) groups excluding carboxylic acids is 1. The van der Waals surface area contributed by atoms with Crippen LogP contribution >= 0.6 is 0 Å². The van der Waals surface area contributed by atoms with Crippen molar-refractivity contribution in [1.29, 1.82) is 0 Å². The van der Waals surface area contributed by atoms with E-state index in [1.165, 1.54) is 17.8 Å². The summed E-state index contributed by atoms with van der Waals surface area (Å²) in [6.45, 7) is 2.45. The molecule has 0 aliphatic rings. The van der Waals surface area contributed by atoms with E-state index < -0.39 is 5.97 Å². The molecule has 2 N–H and O–H groups in total. The van der Waals surface area contributed by atoms with Gasteiger partial charge in [-0.25, -0.2) is 9.48 Å². The fourth-order valence-electron chi connectivity index (χ4n) is 2.45. The van der Waals surface area contributed by atoms with Gasteiger partial charge in [0.25, 0.3) is 0 Å². The summed E-state index contributed by atoms with van der Waals surface area (Å²) >= 11 is 0. The Morgan fingerprint density at radius 3 is 2.76 bits per heavy atom. The van der Waals surface area contributed by atoms with E-state index in [9.17, 15) is 9.59 Å². The normalized spacial score (nSPS) is 10.6.